The van der Waals surface area contributed by atoms with Crippen molar-refractivity contribution in [3.63, 3.8) is 0 Å². The minimum atomic E-state index is -1.04. The molecule has 0 saturated carbocycles. The van der Waals surface area contributed by atoms with Crippen molar-refractivity contribution in [1.29, 1.82) is 0 Å². The van der Waals surface area contributed by atoms with Crippen molar-refractivity contribution >= 4 is 34.3 Å². The van der Waals surface area contributed by atoms with E-state index in [1.807, 2.05) is 0 Å². The van der Waals surface area contributed by atoms with E-state index in [4.69, 9.17) is 5.73 Å². The molecule has 0 aliphatic heterocycles. The number of nitrogens with zero attached hydrogens (tertiary/aromatic N) is 1. The van der Waals surface area contributed by atoms with Crippen molar-refractivity contribution < 1.29 is 23.9 Å². The zero-order chi connectivity index (χ0) is 23.0. The van der Waals surface area contributed by atoms with E-state index in [9.17, 15) is 23.9 Å². The van der Waals surface area contributed by atoms with E-state index in [2.05, 4.69) is 5.32 Å². The molecule has 0 fully saturated rings. The standard InChI is InChI=1S/C24H18FN3O4/c1-13-7-10-18(17(25)11-13)27-22(30)20-16-9-8-15(21(29)14-5-3-2-4-6-14)12-19(16)28(23(20)31)24(26)32/h2-12,31H,1H3,(H2,26,32)(H,27,30). The quantitative estimate of drug-likeness (QED) is 0.420. The Morgan fingerprint density at radius 2 is 1.69 bits per heavy atom. The fraction of sp³-hybridized carbons (Fsp3) is 0.0417. The fourth-order valence-corrected chi connectivity index (χ4v) is 3.53. The molecule has 0 unspecified atom stereocenters. The summed E-state index contributed by atoms with van der Waals surface area (Å²) in [6.45, 7) is 1.70. The number of aromatic nitrogens is 1. The van der Waals surface area contributed by atoms with Gasteiger partial charge in [-0.1, -0.05) is 48.5 Å². The fourth-order valence-electron chi connectivity index (χ4n) is 3.53. The Morgan fingerprint density at radius 3 is 2.34 bits per heavy atom. The van der Waals surface area contributed by atoms with E-state index in [-0.39, 0.29) is 33.5 Å². The molecule has 0 spiro atoms. The number of primary amides is 1. The number of hydrogen-bond acceptors (Lipinski definition) is 4. The monoisotopic (exact) mass is 431 g/mol. The summed E-state index contributed by atoms with van der Waals surface area (Å²) in [6, 6.07) is 16.0. The molecule has 4 rings (SSSR count). The lowest BCUT2D eigenvalue weighted by molar-refractivity contribution is 0.102. The van der Waals surface area contributed by atoms with Gasteiger partial charge in [0.15, 0.2) is 5.78 Å². The Labute approximate surface area is 181 Å². The molecule has 0 aliphatic carbocycles. The molecule has 0 aliphatic rings. The van der Waals surface area contributed by atoms with Gasteiger partial charge in [-0.25, -0.2) is 13.8 Å². The maximum atomic E-state index is 14.2. The predicted molar refractivity (Wildman–Crippen MR) is 118 cm³/mol. The second kappa shape index (κ2) is 7.99. The Bertz CT molecular complexity index is 1390. The average Bonchev–Trinajstić information content (AvgIpc) is 3.07. The molecule has 0 radical (unpaired) electrons. The highest BCUT2D eigenvalue weighted by molar-refractivity contribution is 6.18. The molecule has 32 heavy (non-hydrogen) atoms. The zero-order valence-electron chi connectivity index (χ0n) is 16.9. The van der Waals surface area contributed by atoms with Crippen LogP contribution in [0.5, 0.6) is 5.88 Å². The molecule has 0 saturated heterocycles. The predicted octanol–water partition coefficient (Wildman–Crippen LogP) is 4.20. The number of fused-ring (bicyclic) bond motifs is 1. The molecule has 1 heterocycles. The van der Waals surface area contributed by atoms with Gasteiger partial charge in [-0.2, -0.15) is 0 Å². The molecule has 2 amide bonds. The van der Waals surface area contributed by atoms with Gasteiger partial charge in [-0.3, -0.25) is 9.59 Å². The highest BCUT2D eigenvalue weighted by Crippen LogP contribution is 2.33. The summed E-state index contributed by atoms with van der Waals surface area (Å²) in [6.07, 6.45) is 0. The van der Waals surface area contributed by atoms with Crippen molar-refractivity contribution in [2.24, 2.45) is 5.73 Å². The smallest absolute Gasteiger partial charge is 0.326 e. The van der Waals surface area contributed by atoms with Crippen LogP contribution in [-0.4, -0.2) is 27.4 Å². The molecule has 3 aromatic carbocycles. The van der Waals surface area contributed by atoms with Gasteiger partial charge in [0.25, 0.3) is 5.91 Å². The maximum Gasteiger partial charge on any atom is 0.326 e. The third kappa shape index (κ3) is 3.58. The molecule has 4 N–H and O–H groups in total. The number of ketones is 1. The van der Waals surface area contributed by atoms with Gasteiger partial charge in [0.1, 0.15) is 11.4 Å². The first-order valence-electron chi connectivity index (χ1n) is 9.62. The van der Waals surface area contributed by atoms with E-state index >= 15 is 0 Å². The SMILES string of the molecule is Cc1ccc(NC(=O)c2c(O)n(C(N)=O)c3cc(C(=O)c4ccccc4)ccc23)c(F)c1. The Balaban J connectivity index is 1.81. The third-order valence-electron chi connectivity index (χ3n) is 5.06. The lowest BCUT2D eigenvalue weighted by Gasteiger charge is -2.07. The molecule has 1 aromatic heterocycles. The van der Waals surface area contributed by atoms with Crippen LogP contribution in [0.15, 0.2) is 66.7 Å². The number of aryl methyl sites for hydroxylation is 1. The number of nitrogens with one attached hydrogen (secondary N) is 1. The van der Waals surface area contributed by atoms with Crippen LogP contribution in [0.25, 0.3) is 10.9 Å². The number of hydrogen-bond donors (Lipinski definition) is 3. The molecular weight excluding hydrogens is 413 g/mol. The molecule has 7 nitrogen and oxygen atoms in total. The average molecular weight is 431 g/mol. The van der Waals surface area contributed by atoms with Crippen molar-refractivity contribution in [1.82, 2.24) is 4.57 Å². The number of carbonyl (C=O) groups is 3. The number of rotatable bonds is 4. The summed E-state index contributed by atoms with van der Waals surface area (Å²) in [7, 11) is 0. The summed E-state index contributed by atoms with van der Waals surface area (Å²) in [4.78, 5) is 37.7. The number of halogens is 1. The Kier molecular flexibility index (Phi) is 5.19. The molecule has 0 atom stereocenters. The van der Waals surface area contributed by atoms with Gasteiger partial charge in [0.2, 0.25) is 5.88 Å². The zero-order valence-corrected chi connectivity index (χ0v) is 16.9. The number of nitrogens with two attached hydrogens (primary N) is 1. The highest BCUT2D eigenvalue weighted by atomic mass is 19.1. The number of amides is 2. The first-order valence-corrected chi connectivity index (χ1v) is 9.62. The van der Waals surface area contributed by atoms with E-state index in [0.717, 1.165) is 4.57 Å². The van der Waals surface area contributed by atoms with E-state index in [0.29, 0.717) is 11.1 Å². The first-order chi connectivity index (χ1) is 15.3. The van der Waals surface area contributed by atoms with E-state index in [1.165, 1.54) is 30.3 Å². The second-order valence-electron chi connectivity index (χ2n) is 7.24. The largest absolute Gasteiger partial charge is 0.494 e. The summed E-state index contributed by atoms with van der Waals surface area (Å²) in [5, 5.41) is 13.2. The molecule has 160 valence electrons. The summed E-state index contributed by atoms with van der Waals surface area (Å²) < 4.78 is 14.9. The maximum absolute atomic E-state index is 14.2. The normalized spacial score (nSPS) is 10.8. The Hall–Kier alpha value is -4.46. The topological polar surface area (TPSA) is 114 Å². The number of aromatic hydroxyl groups is 1. The second-order valence-corrected chi connectivity index (χ2v) is 7.24. The van der Waals surface area contributed by atoms with Crippen molar-refractivity contribution in [3.05, 3.63) is 94.8 Å². The van der Waals surface area contributed by atoms with Gasteiger partial charge in [0.05, 0.1) is 11.2 Å². The van der Waals surface area contributed by atoms with Crippen LogP contribution in [0.4, 0.5) is 14.9 Å². The van der Waals surface area contributed by atoms with E-state index < -0.39 is 23.6 Å². The Morgan fingerprint density at radius 1 is 0.969 bits per heavy atom. The van der Waals surface area contributed by atoms with Crippen LogP contribution in [-0.2, 0) is 0 Å². The highest BCUT2D eigenvalue weighted by Gasteiger charge is 2.26. The molecule has 0 bridgehead atoms. The number of benzene rings is 3. The van der Waals surface area contributed by atoms with Gasteiger partial charge < -0.3 is 16.2 Å². The van der Waals surface area contributed by atoms with Gasteiger partial charge in [-0.05, 0) is 30.7 Å². The van der Waals surface area contributed by atoms with Crippen LogP contribution in [0.2, 0.25) is 0 Å². The van der Waals surface area contributed by atoms with Gasteiger partial charge in [0, 0.05) is 16.5 Å². The van der Waals surface area contributed by atoms with Crippen LogP contribution in [0.3, 0.4) is 0 Å². The lowest BCUT2D eigenvalue weighted by atomic mass is 10.0. The van der Waals surface area contributed by atoms with Crippen molar-refractivity contribution in [2.75, 3.05) is 5.32 Å². The van der Waals surface area contributed by atoms with Gasteiger partial charge >= 0.3 is 6.03 Å². The lowest BCUT2D eigenvalue weighted by Crippen LogP contribution is -2.19. The summed E-state index contributed by atoms with van der Waals surface area (Å²) >= 11 is 0. The van der Waals surface area contributed by atoms with Crippen molar-refractivity contribution in [2.45, 2.75) is 6.92 Å². The summed E-state index contributed by atoms with van der Waals surface area (Å²) in [5.41, 5.74) is 6.47. The molecule has 4 aromatic rings. The van der Waals surface area contributed by atoms with Crippen LogP contribution >= 0.6 is 0 Å². The van der Waals surface area contributed by atoms with Crippen LogP contribution < -0.4 is 11.1 Å². The van der Waals surface area contributed by atoms with Gasteiger partial charge in [-0.15, -0.1) is 0 Å². The minimum absolute atomic E-state index is 0.0753. The summed E-state index contributed by atoms with van der Waals surface area (Å²) in [5.74, 6) is -2.50. The molecule has 8 heteroatoms. The number of carbonyl (C=O) groups excluding carboxylic acids is 3. The minimum Gasteiger partial charge on any atom is -0.494 e. The number of anilines is 1. The first kappa shape index (κ1) is 20.8. The molecular formula is C24H18FN3O4. The van der Waals surface area contributed by atoms with E-state index in [1.54, 1.807) is 43.3 Å². The van der Waals surface area contributed by atoms with Crippen LogP contribution in [0, 0.1) is 12.7 Å². The van der Waals surface area contributed by atoms with Crippen molar-refractivity contribution in [3.8, 4) is 5.88 Å². The third-order valence-corrected chi connectivity index (χ3v) is 5.06. The van der Waals surface area contributed by atoms with Crippen LogP contribution in [0.1, 0.15) is 31.8 Å².